The molecule has 1 fully saturated rings. The number of carboxylic acids is 1. The Bertz CT molecular complexity index is 479. The lowest BCUT2D eigenvalue weighted by molar-refractivity contribution is -0.139. The first-order valence-corrected chi connectivity index (χ1v) is 7.14. The Morgan fingerprint density at radius 2 is 2.00 bits per heavy atom. The highest BCUT2D eigenvalue weighted by molar-refractivity contribution is 5.94. The molecule has 0 radical (unpaired) electrons. The molecule has 1 aliphatic heterocycles. The number of rotatable bonds is 5. The molecule has 2 rings (SSSR count). The summed E-state index contributed by atoms with van der Waals surface area (Å²) in [4.78, 5) is 22.5. The number of nitrogens with one attached hydrogen (secondary N) is 2. The summed E-state index contributed by atoms with van der Waals surface area (Å²) in [6, 6.07) is 6.53. The van der Waals surface area contributed by atoms with E-state index in [4.69, 9.17) is 9.84 Å². The van der Waals surface area contributed by atoms with Crippen molar-refractivity contribution in [3.8, 4) is 5.75 Å². The van der Waals surface area contributed by atoms with E-state index >= 15 is 0 Å². The highest BCUT2D eigenvalue weighted by atomic mass is 16.5. The Hall–Kier alpha value is -2.08. The van der Waals surface area contributed by atoms with Crippen LogP contribution in [0.25, 0.3) is 0 Å². The molecule has 1 heterocycles. The predicted molar refractivity (Wildman–Crippen MR) is 78.5 cm³/mol. The van der Waals surface area contributed by atoms with Gasteiger partial charge in [-0.2, -0.15) is 0 Å². The highest BCUT2D eigenvalue weighted by Crippen LogP contribution is 2.17. The van der Waals surface area contributed by atoms with Crippen molar-refractivity contribution in [2.45, 2.75) is 31.7 Å². The quantitative estimate of drug-likeness (QED) is 0.767. The van der Waals surface area contributed by atoms with Crippen LogP contribution >= 0.6 is 0 Å². The smallest absolute Gasteiger partial charge is 0.341 e. The summed E-state index contributed by atoms with van der Waals surface area (Å²) in [6.45, 7) is 0.498. The minimum atomic E-state index is -1.02. The first-order chi connectivity index (χ1) is 10.1. The minimum absolute atomic E-state index is 0.0314. The van der Waals surface area contributed by atoms with Crippen molar-refractivity contribution in [1.29, 1.82) is 0 Å². The number of hydrogen-bond acceptors (Lipinski definition) is 4. The second-order valence-corrected chi connectivity index (χ2v) is 5.05. The SMILES string of the molecule is O=C(O)COc1ccc(NC(=O)C2CCCCCN2)cc1. The average molecular weight is 292 g/mol. The Morgan fingerprint density at radius 3 is 2.71 bits per heavy atom. The molecular formula is C15H20N2O4. The molecule has 0 aliphatic carbocycles. The van der Waals surface area contributed by atoms with E-state index in [2.05, 4.69) is 10.6 Å². The van der Waals surface area contributed by atoms with Crippen LogP contribution in [0.5, 0.6) is 5.75 Å². The second-order valence-electron chi connectivity index (χ2n) is 5.05. The van der Waals surface area contributed by atoms with Crippen molar-refractivity contribution in [3.63, 3.8) is 0 Å². The van der Waals surface area contributed by atoms with E-state index in [0.717, 1.165) is 32.2 Å². The van der Waals surface area contributed by atoms with Crippen molar-refractivity contribution >= 4 is 17.6 Å². The molecule has 1 aliphatic rings. The van der Waals surface area contributed by atoms with Gasteiger partial charge in [-0.25, -0.2) is 4.79 Å². The summed E-state index contributed by atoms with van der Waals surface area (Å²) in [7, 11) is 0. The fourth-order valence-corrected chi connectivity index (χ4v) is 2.26. The van der Waals surface area contributed by atoms with Crippen LogP contribution in [0.3, 0.4) is 0 Å². The van der Waals surface area contributed by atoms with Crippen molar-refractivity contribution in [1.82, 2.24) is 5.32 Å². The maximum Gasteiger partial charge on any atom is 0.341 e. The zero-order valence-electron chi connectivity index (χ0n) is 11.8. The van der Waals surface area contributed by atoms with E-state index in [0.29, 0.717) is 11.4 Å². The number of benzene rings is 1. The number of amides is 1. The van der Waals surface area contributed by atoms with Crippen LogP contribution < -0.4 is 15.4 Å². The Kier molecular flexibility index (Phi) is 5.57. The molecule has 6 heteroatoms. The van der Waals surface area contributed by atoms with Gasteiger partial charge in [0.2, 0.25) is 5.91 Å². The third-order valence-electron chi connectivity index (χ3n) is 3.36. The standard InChI is InChI=1S/C15H20N2O4/c18-14(19)10-21-12-7-5-11(6-8-12)17-15(20)13-4-2-1-3-9-16-13/h5-8,13,16H,1-4,9-10H2,(H,17,20)(H,18,19). The molecule has 1 atom stereocenters. The van der Waals surface area contributed by atoms with Crippen molar-refractivity contribution in [3.05, 3.63) is 24.3 Å². The molecule has 0 bridgehead atoms. The van der Waals surface area contributed by atoms with Gasteiger partial charge in [-0.15, -0.1) is 0 Å². The van der Waals surface area contributed by atoms with Gasteiger partial charge in [0.25, 0.3) is 0 Å². The molecule has 114 valence electrons. The molecule has 1 aromatic carbocycles. The largest absolute Gasteiger partial charge is 0.482 e. The van der Waals surface area contributed by atoms with Crippen LogP contribution in [0.1, 0.15) is 25.7 Å². The number of aliphatic carboxylic acids is 1. The molecule has 6 nitrogen and oxygen atoms in total. The van der Waals surface area contributed by atoms with E-state index in [9.17, 15) is 9.59 Å². The van der Waals surface area contributed by atoms with Gasteiger partial charge < -0.3 is 20.5 Å². The Morgan fingerprint density at radius 1 is 1.24 bits per heavy atom. The van der Waals surface area contributed by atoms with E-state index in [1.165, 1.54) is 0 Å². The molecule has 0 spiro atoms. The van der Waals surface area contributed by atoms with Crippen LogP contribution in [0.4, 0.5) is 5.69 Å². The van der Waals surface area contributed by atoms with Gasteiger partial charge in [-0.05, 0) is 43.7 Å². The van der Waals surface area contributed by atoms with Crippen molar-refractivity contribution in [2.24, 2.45) is 0 Å². The number of carbonyl (C=O) groups is 2. The summed E-state index contributed by atoms with van der Waals surface area (Å²) in [5.41, 5.74) is 0.675. The number of carbonyl (C=O) groups excluding carboxylic acids is 1. The van der Waals surface area contributed by atoms with Crippen LogP contribution in [-0.4, -0.2) is 36.2 Å². The molecular weight excluding hydrogens is 272 g/mol. The first kappa shape index (κ1) is 15.3. The maximum absolute atomic E-state index is 12.1. The third kappa shape index (κ3) is 5.07. The summed E-state index contributed by atoms with van der Waals surface area (Å²) >= 11 is 0. The zero-order valence-corrected chi connectivity index (χ0v) is 11.8. The zero-order chi connectivity index (χ0) is 15.1. The number of hydrogen-bond donors (Lipinski definition) is 3. The number of ether oxygens (including phenoxy) is 1. The minimum Gasteiger partial charge on any atom is -0.482 e. The molecule has 1 amide bonds. The fourth-order valence-electron chi connectivity index (χ4n) is 2.26. The van der Waals surface area contributed by atoms with E-state index in [-0.39, 0.29) is 18.6 Å². The summed E-state index contributed by atoms with van der Waals surface area (Å²) in [6.07, 6.45) is 4.18. The number of carboxylic acid groups (broad SMARTS) is 1. The molecule has 0 saturated carbocycles. The van der Waals surface area contributed by atoms with Gasteiger partial charge in [0.15, 0.2) is 6.61 Å². The first-order valence-electron chi connectivity index (χ1n) is 7.14. The summed E-state index contributed by atoms with van der Waals surface area (Å²) in [5.74, 6) is -0.592. The highest BCUT2D eigenvalue weighted by Gasteiger charge is 2.19. The summed E-state index contributed by atoms with van der Waals surface area (Å²) in [5, 5.41) is 14.6. The lowest BCUT2D eigenvalue weighted by Crippen LogP contribution is -2.39. The van der Waals surface area contributed by atoms with E-state index < -0.39 is 5.97 Å². The van der Waals surface area contributed by atoms with Crippen LogP contribution in [-0.2, 0) is 9.59 Å². The molecule has 1 unspecified atom stereocenters. The van der Waals surface area contributed by atoms with Crippen molar-refractivity contribution < 1.29 is 19.4 Å². The second kappa shape index (κ2) is 7.64. The molecule has 1 saturated heterocycles. The molecule has 3 N–H and O–H groups in total. The average Bonchev–Trinajstić information content (AvgIpc) is 2.75. The van der Waals surface area contributed by atoms with Gasteiger partial charge in [0, 0.05) is 5.69 Å². The summed E-state index contributed by atoms with van der Waals surface area (Å²) < 4.78 is 5.04. The van der Waals surface area contributed by atoms with Crippen LogP contribution in [0, 0.1) is 0 Å². The third-order valence-corrected chi connectivity index (χ3v) is 3.36. The molecule has 1 aromatic rings. The lowest BCUT2D eigenvalue weighted by atomic mass is 10.1. The lowest BCUT2D eigenvalue weighted by Gasteiger charge is -2.15. The van der Waals surface area contributed by atoms with Gasteiger partial charge in [0.05, 0.1) is 6.04 Å². The maximum atomic E-state index is 12.1. The van der Waals surface area contributed by atoms with E-state index in [1.54, 1.807) is 24.3 Å². The van der Waals surface area contributed by atoms with Gasteiger partial charge in [0.1, 0.15) is 5.75 Å². The van der Waals surface area contributed by atoms with Crippen molar-refractivity contribution in [2.75, 3.05) is 18.5 Å². The van der Waals surface area contributed by atoms with Crippen LogP contribution in [0.15, 0.2) is 24.3 Å². The predicted octanol–water partition coefficient (Wildman–Crippen LogP) is 1.62. The fraction of sp³-hybridized carbons (Fsp3) is 0.467. The Labute approximate surface area is 123 Å². The molecule has 0 aromatic heterocycles. The monoisotopic (exact) mass is 292 g/mol. The van der Waals surface area contributed by atoms with Gasteiger partial charge >= 0.3 is 5.97 Å². The Balaban J connectivity index is 1.87. The van der Waals surface area contributed by atoms with Gasteiger partial charge in [-0.1, -0.05) is 12.8 Å². The normalized spacial score (nSPS) is 18.6. The van der Waals surface area contributed by atoms with Crippen LogP contribution in [0.2, 0.25) is 0 Å². The number of anilines is 1. The molecule has 21 heavy (non-hydrogen) atoms. The topological polar surface area (TPSA) is 87.7 Å². The van der Waals surface area contributed by atoms with Gasteiger partial charge in [-0.3, -0.25) is 4.79 Å². The van der Waals surface area contributed by atoms with E-state index in [1.807, 2.05) is 0 Å².